The van der Waals surface area contributed by atoms with Crippen LogP contribution in [0.1, 0.15) is 104 Å². The predicted molar refractivity (Wildman–Crippen MR) is 275 cm³/mol. The highest BCUT2D eigenvalue weighted by molar-refractivity contribution is 7.13. The van der Waals surface area contributed by atoms with Crippen molar-refractivity contribution in [2.75, 3.05) is 6.54 Å². The number of aryl methyl sites for hydroxylation is 3. The fourth-order valence-electron chi connectivity index (χ4n) is 9.87. The second-order valence-electron chi connectivity index (χ2n) is 19.2. The molecule has 3 aromatic carbocycles. The summed E-state index contributed by atoms with van der Waals surface area (Å²) >= 11 is 9.46. The van der Waals surface area contributed by atoms with E-state index in [2.05, 4.69) is 43.2 Å². The molecule has 5 atom stereocenters. The minimum atomic E-state index is -0.833. The van der Waals surface area contributed by atoms with E-state index in [1.165, 1.54) is 4.90 Å². The van der Waals surface area contributed by atoms with E-state index < -0.39 is 24.2 Å². The minimum Gasteiger partial charge on any atom is -0.490 e. The SMILES string of the molecule is Cc1csc2c1C(c1ccc(Cl)cc1)=N[C@@H](CC(=O)N[C@H]1C[C@H](Oc3cccc(-c4cnn(C(C(=O)N5C[C@H](O)C[C@H]5C(=O)N[C@@H](C)c5ccc(-c6scnc6C)cc5)C(C)C)c4)c3)C1)c1nnc(C)n1-2. The summed E-state index contributed by atoms with van der Waals surface area (Å²) in [7, 11) is 0. The quantitative estimate of drug-likeness (QED) is 0.0958. The number of nitrogens with zero attached hydrogens (tertiary/aromatic N) is 8. The van der Waals surface area contributed by atoms with Gasteiger partial charge in [0.25, 0.3) is 0 Å². The zero-order chi connectivity index (χ0) is 49.7. The number of aliphatic imine (C=N–C) groups is 1. The molecule has 7 aromatic rings. The number of aliphatic hydroxyl groups is 1. The summed E-state index contributed by atoms with van der Waals surface area (Å²) < 4.78 is 10.1. The highest BCUT2D eigenvalue weighted by Gasteiger charge is 2.43. The smallest absolute Gasteiger partial charge is 0.248 e. The zero-order valence-electron chi connectivity index (χ0n) is 40.2. The van der Waals surface area contributed by atoms with E-state index in [-0.39, 0.29) is 61.2 Å². The van der Waals surface area contributed by atoms with Gasteiger partial charge in [0.2, 0.25) is 17.7 Å². The fraction of sp³-hybridized carbons (Fsp3) is 0.358. The topological polar surface area (TPSA) is 182 Å². The van der Waals surface area contributed by atoms with Gasteiger partial charge in [0.15, 0.2) is 5.82 Å². The number of carbonyl (C=O) groups excluding carboxylic acids is 3. The number of nitrogens with one attached hydrogen (secondary N) is 2. The van der Waals surface area contributed by atoms with Gasteiger partial charge < -0.3 is 25.4 Å². The summed E-state index contributed by atoms with van der Waals surface area (Å²) in [6, 6.07) is 20.9. The van der Waals surface area contributed by atoms with E-state index in [1.54, 1.807) is 33.6 Å². The summed E-state index contributed by atoms with van der Waals surface area (Å²) in [5.74, 6) is 1.15. The molecule has 2 aliphatic heterocycles. The van der Waals surface area contributed by atoms with E-state index in [0.29, 0.717) is 29.4 Å². The van der Waals surface area contributed by atoms with Crippen LogP contribution >= 0.6 is 34.3 Å². The first-order valence-electron chi connectivity index (χ1n) is 23.9. The lowest BCUT2D eigenvalue weighted by atomic mass is 9.89. The molecule has 6 heterocycles. The van der Waals surface area contributed by atoms with Crippen molar-refractivity contribution in [3.8, 4) is 32.3 Å². The van der Waals surface area contributed by atoms with Gasteiger partial charge in [-0.3, -0.25) is 28.6 Å². The summed E-state index contributed by atoms with van der Waals surface area (Å²) in [5, 5.41) is 34.4. The molecule has 0 spiro atoms. The Morgan fingerprint density at radius 3 is 2.41 bits per heavy atom. The van der Waals surface area contributed by atoms with Crippen molar-refractivity contribution < 1.29 is 24.2 Å². The third-order valence-electron chi connectivity index (χ3n) is 13.7. The standard InChI is InChI=1S/C53H55ClN10O5S2/c1-28(2)48(52(68)62-25-40(65)21-44(62)51(67)57-30(4)33-10-12-35(13-11-33)49-31(5)55-27-71-49)63-24-37(23-56-63)36-8-7-9-41(18-36)69-42-19-39(20-42)58-45(66)22-43-50-61-60-32(6)64(50)53-46(29(3)26-70-53)47(59-43)34-14-16-38(54)17-15-34/h7-18,23-24,26-28,30,39-40,42-44,48,65H,19-22,25H2,1-6H3,(H,57,67)(H,58,66)/t30-,39-,40+,42-,43-,44-,48?/m0/s1. The highest BCUT2D eigenvalue weighted by Crippen LogP contribution is 2.39. The van der Waals surface area contributed by atoms with Gasteiger partial charge in [-0.2, -0.15) is 5.10 Å². The molecule has 1 saturated carbocycles. The number of ether oxygens (including phenoxy) is 1. The van der Waals surface area contributed by atoms with Crippen molar-refractivity contribution in [1.82, 2.24) is 45.1 Å². The Kier molecular flexibility index (Phi) is 13.5. The summed E-state index contributed by atoms with van der Waals surface area (Å²) in [4.78, 5) is 54.2. The molecule has 3 amide bonds. The maximum absolute atomic E-state index is 14.4. The number of fused-ring (bicyclic) bond motifs is 3. The van der Waals surface area contributed by atoms with Crippen LogP contribution in [0.3, 0.4) is 0 Å². The van der Waals surface area contributed by atoms with Gasteiger partial charge in [0.05, 0.1) is 46.6 Å². The maximum Gasteiger partial charge on any atom is 0.248 e. The Bertz CT molecular complexity index is 3130. The summed E-state index contributed by atoms with van der Waals surface area (Å²) in [5.41, 5.74) is 10.2. The second-order valence-corrected chi connectivity index (χ2v) is 21.3. The van der Waals surface area contributed by atoms with Gasteiger partial charge in [-0.25, -0.2) is 4.98 Å². The first-order chi connectivity index (χ1) is 34.2. The van der Waals surface area contributed by atoms with E-state index >= 15 is 0 Å². The van der Waals surface area contributed by atoms with Gasteiger partial charge in [0, 0.05) is 59.8 Å². The Balaban J connectivity index is 0.759. The molecule has 3 N–H and O–H groups in total. The third-order valence-corrected chi connectivity index (χ3v) is 16.0. The summed E-state index contributed by atoms with van der Waals surface area (Å²) in [6.07, 6.45) is 4.18. The molecular weight excluding hydrogens is 956 g/mol. The van der Waals surface area contributed by atoms with E-state index in [9.17, 15) is 19.5 Å². The van der Waals surface area contributed by atoms with Crippen LogP contribution < -0.4 is 15.4 Å². The minimum absolute atomic E-state index is 0.0532. The molecule has 4 aromatic heterocycles. The average molecular weight is 1010 g/mol. The van der Waals surface area contributed by atoms with Crippen LogP contribution in [0.25, 0.3) is 26.6 Å². The molecule has 366 valence electrons. The van der Waals surface area contributed by atoms with Crippen molar-refractivity contribution >= 4 is 57.7 Å². The lowest BCUT2D eigenvalue weighted by molar-refractivity contribution is -0.142. The van der Waals surface area contributed by atoms with Crippen molar-refractivity contribution in [3.63, 3.8) is 0 Å². The van der Waals surface area contributed by atoms with Crippen LogP contribution in [-0.4, -0.2) is 93.8 Å². The van der Waals surface area contributed by atoms with Gasteiger partial charge in [-0.1, -0.05) is 74.0 Å². The molecule has 71 heavy (non-hydrogen) atoms. The van der Waals surface area contributed by atoms with Gasteiger partial charge in [-0.15, -0.1) is 32.9 Å². The molecule has 0 bridgehead atoms. The molecule has 0 radical (unpaired) electrons. The number of hydrogen-bond acceptors (Lipinski definition) is 12. The van der Waals surface area contributed by atoms with Crippen molar-refractivity contribution in [2.45, 2.75) is 110 Å². The molecule has 2 fully saturated rings. The molecule has 1 unspecified atom stereocenters. The Morgan fingerprint density at radius 2 is 1.68 bits per heavy atom. The summed E-state index contributed by atoms with van der Waals surface area (Å²) in [6.45, 7) is 11.8. The van der Waals surface area contributed by atoms with Crippen LogP contribution in [0.5, 0.6) is 5.75 Å². The fourth-order valence-corrected chi connectivity index (χ4v) is 11.9. The van der Waals surface area contributed by atoms with E-state index in [0.717, 1.165) is 66.1 Å². The monoisotopic (exact) mass is 1010 g/mol. The number of rotatable bonds is 14. The Labute approximate surface area is 425 Å². The third kappa shape index (κ3) is 9.80. The largest absolute Gasteiger partial charge is 0.490 e. The number of β-amino-alcohol motifs (C(OH)–C–C–N with tert-alkyl or cyclic N) is 1. The number of halogens is 1. The van der Waals surface area contributed by atoms with Crippen molar-refractivity contribution in [2.24, 2.45) is 10.9 Å². The highest BCUT2D eigenvalue weighted by atomic mass is 35.5. The maximum atomic E-state index is 14.4. The Morgan fingerprint density at radius 1 is 0.915 bits per heavy atom. The number of likely N-dealkylation sites (tertiary alicyclic amines) is 1. The molecule has 1 saturated heterocycles. The number of carbonyl (C=O) groups is 3. The number of thiophene rings is 1. The van der Waals surface area contributed by atoms with Gasteiger partial charge in [-0.05, 0) is 85.5 Å². The van der Waals surface area contributed by atoms with E-state index in [4.69, 9.17) is 21.3 Å². The van der Waals surface area contributed by atoms with Crippen LogP contribution in [-0.2, 0) is 14.4 Å². The number of benzene rings is 3. The Hall–Kier alpha value is -6.53. The molecule has 15 nitrogen and oxygen atoms in total. The normalized spacial score (nSPS) is 20.3. The number of aliphatic hydroxyl groups excluding tert-OH is 1. The molecule has 3 aliphatic rings. The first-order valence-corrected chi connectivity index (χ1v) is 26.1. The van der Waals surface area contributed by atoms with Crippen LogP contribution in [0.2, 0.25) is 5.02 Å². The van der Waals surface area contributed by atoms with Gasteiger partial charge >= 0.3 is 0 Å². The number of hydrogen-bond donors (Lipinski definition) is 3. The molecule has 10 rings (SSSR count). The average Bonchev–Trinajstić information content (AvgIpc) is 4.19. The van der Waals surface area contributed by atoms with Crippen molar-refractivity contribution in [3.05, 3.63) is 141 Å². The molecule has 1 aliphatic carbocycles. The van der Waals surface area contributed by atoms with Crippen LogP contribution in [0.15, 0.2) is 101 Å². The second kappa shape index (κ2) is 19.9. The molecular formula is C53H55ClN10O5S2. The van der Waals surface area contributed by atoms with Gasteiger partial charge in [0.1, 0.15) is 40.8 Å². The van der Waals surface area contributed by atoms with Crippen molar-refractivity contribution in [1.29, 1.82) is 0 Å². The first kappa shape index (κ1) is 48.1. The molecule has 18 heteroatoms. The number of aromatic nitrogens is 6. The zero-order valence-corrected chi connectivity index (χ0v) is 42.6. The van der Waals surface area contributed by atoms with Crippen LogP contribution in [0, 0.1) is 26.7 Å². The number of thiazole rings is 1. The lowest BCUT2D eigenvalue weighted by Crippen LogP contribution is -2.49. The predicted octanol–water partition coefficient (Wildman–Crippen LogP) is 8.94. The number of amides is 3. The van der Waals surface area contributed by atoms with E-state index in [1.807, 2.05) is 124 Å². The lowest BCUT2D eigenvalue weighted by Gasteiger charge is -2.36. The van der Waals surface area contributed by atoms with Crippen LogP contribution in [0.4, 0.5) is 0 Å².